The molecule has 0 fully saturated rings. The lowest BCUT2D eigenvalue weighted by Crippen LogP contribution is -2.45. The molecule has 0 aromatic heterocycles. The van der Waals surface area contributed by atoms with Crippen LogP contribution in [0.1, 0.15) is 37.3 Å². The molecule has 0 saturated carbocycles. The van der Waals surface area contributed by atoms with Gasteiger partial charge in [-0.05, 0) is 43.7 Å². The first-order valence-corrected chi connectivity index (χ1v) is 13.0. The van der Waals surface area contributed by atoms with Gasteiger partial charge in [-0.2, -0.15) is 0 Å². The number of benzene rings is 2. The summed E-state index contributed by atoms with van der Waals surface area (Å²) in [6.07, 6.45) is 5.04. The normalized spacial score (nSPS) is 13.8. The van der Waals surface area contributed by atoms with Gasteiger partial charge in [-0.3, -0.25) is 14.4 Å². The Morgan fingerprint density at radius 3 is 1.97 bits per heavy atom. The number of aliphatic hydroxyl groups is 1. The molecule has 7 heteroatoms. The zero-order valence-corrected chi connectivity index (χ0v) is 22.2. The maximum atomic E-state index is 13.2. The van der Waals surface area contributed by atoms with Crippen LogP contribution >= 0.6 is 0 Å². The molecule has 0 aliphatic carbocycles. The van der Waals surface area contributed by atoms with Crippen LogP contribution in [0.4, 0.5) is 0 Å². The number of rotatable bonds is 17. The number of allylic oxidation sites excluding steroid dienone is 2. The minimum absolute atomic E-state index is 0.00352. The van der Waals surface area contributed by atoms with Crippen LogP contribution in [-0.4, -0.2) is 48.2 Å². The van der Waals surface area contributed by atoms with Crippen LogP contribution in [0, 0.1) is 11.8 Å². The second kappa shape index (κ2) is 16.9. The van der Waals surface area contributed by atoms with E-state index in [4.69, 9.17) is 4.74 Å². The third-order valence-electron chi connectivity index (χ3n) is 6.14. The quantitative estimate of drug-likeness (QED) is 0.218. The monoisotopic (exact) mass is 520 g/mol. The number of esters is 1. The zero-order valence-electron chi connectivity index (χ0n) is 22.2. The molecular formula is C31H40N2O5. The highest BCUT2D eigenvalue weighted by Crippen LogP contribution is 2.16. The summed E-state index contributed by atoms with van der Waals surface area (Å²) in [7, 11) is 0. The minimum Gasteiger partial charge on any atom is -0.463 e. The van der Waals surface area contributed by atoms with E-state index in [0.717, 1.165) is 11.1 Å². The van der Waals surface area contributed by atoms with Crippen molar-refractivity contribution in [1.82, 2.24) is 10.6 Å². The molecule has 0 bridgehead atoms. The Kier molecular flexibility index (Phi) is 13.6. The highest BCUT2D eigenvalue weighted by molar-refractivity contribution is 5.86. The first-order valence-electron chi connectivity index (χ1n) is 13.0. The van der Waals surface area contributed by atoms with Crippen LogP contribution in [0.5, 0.6) is 0 Å². The molecule has 4 atom stereocenters. The lowest BCUT2D eigenvalue weighted by molar-refractivity contribution is -0.149. The Labute approximate surface area is 226 Å². The molecule has 0 spiro atoms. The molecule has 2 amide bonds. The third kappa shape index (κ3) is 11.1. The average Bonchev–Trinajstić information content (AvgIpc) is 2.92. The lowest BCUT2D eigenvalue weighted by atomic mass is 9.96. The van der Waals surface area contributed by atoms with Crippen LogP contribution in [0.3, 0.4) is 0 Å². The van der Waals surface area contributed by atoms with Gasteiger partial charge in [0, 0.05) is 12.5 Å². The summed E-state index contributed by atoms with van der Waals surface area (Å²) < 4.78 is 5.72. The fourth-order valence-corrected chi connectivity index (χ4v) is 4.12. The smallest absolute Gasteiger partial charge is 0.309 e. The van der Waals surface area contributed by atoms with Crippen molar-refractivity contribution in [3.05, 3.63) is 97.1 Å². The maximum Gasteiger partial charge on any atom is 0.309 e. The van der Waals surface area contributed by atoms with Crippen molar-refractivity contribution in [1.29, 1.82) is 0 Å². The van der Waals surface area contributed by atoms with Gasteiger partial charge in [0.25, 0.3) is 0 Å². The summed E-state index contributed by atoms with van der Waals surface area (Å²) in [5.41, 5.74) is 2.02. The van der Waals surface area contributed by atoms with Crippen LogP contribution in [-0.2, 0) is 32.0 Å². The summed E-state index contributed by atoms with van der Waals surface area (Å²) in [4.78, 5) is 38.6. The molecule has 3 N–H and O–H groups in total. The predicted octanol–water partition coefficient (Wildman–Crippen LogP) is 3.77. The van der Waals surface area contributed by atoms with E-state index in [0.29, 0.717) is 25.7 Å². The van der Waals surface area contributed by atoms with E-state index in [1.54, 1.807) is 19.1 Å². The number of hydrogen-bond acceptors (Lipinski definition) is 5. The van der Waals surface area contributed by atoms with Crippen molar-refractivity contribution in [2.24, 2.45) is 11.8 Å². The summed E-state index contributed by atoms with van der Waals surface area (Å²) in [5, 5.41) is 14.8. The van der Waals surface area contributed by atoms with Gasteiger partial charge in [0.15, 0.2) is 0 Å². The van der Waals surface area contributed by atoms with Crippen LogP contribution < -0.4 is 10.6 Å². The Balaban J connectivity index is 2.10. The molecule has 0 aliphatic heterocycles. The molecule has 0 unspecified atom stereocenters. The van der Waals surface area contributed by atoms with Crippen molar-refractivity contribution in [2.45, 2.75) is 51.1 Å². The van der Waals surface area contributed by atoms with Gasteiger partial charge in [-0.25, -0.2) is 0 Å². The number of aliphatic hydroxyl groups excluding tert-OH is 1. The van der Waals surface area contributed by atoms with E-state index in [9.17, 15) is 19.5 Å². The van der Waals surface area contributed by atoms with Crippen molar-refractivity contribution < 1.29 is 24.2 Å². The van der Waals surface area contributed by atoms with Crippen molar-refractivity contribution in [3.8, 4) is 0 Å². The maximum absolute atomic E-state index is 13.2. The molecule has 2 aromatic carbocycles. The van der Waals surface area contributed by atoms with E-state index in [1.807, 2.05) is 60.7 Å². The fraction of sp³-hybridized carbons (Fsp3) is 0.387. The predicted molar refractivity (Wildman–Crippen MR) is 149 cm³/mol. The van der Waals surface area contributed by atoms with E-state index in [-0.39, 0.29) is 43.3 Å². The van der Waals surface area contributed by atoms with Crippen LogP contribution in [0.15, 0.2) is 86.0 Å². The first kappa shape index (κ1) is 30.5. The Morgan fingerprint density at radius 1 is 0.868 bits per heavy atom. The summed E-state index contributed by atoms with van der Waals surface area (Å²) >= 11 is 0. The minimum atomic E-state index is -0.640. The van der Waals surface area contributed by atoms with Crippen molar-refractivity contribution in [3.63, 3.8) is 0 Å². The Hall–Kier alpha value is -3.71. The third-order valence-corrected chi connectivity index (χ3v) is 6.14. The number of carbonyl (C=O) groups excluding carboxylic acids is 3. The van der Waals surface area contributed by atoms with Gasteiger partial charge < -0.3 is 20.5 Å². The molecule has 0 heterocycles. The topological polar surface area (TPSA) is 105 Å². The molecule has 0 aliphatic rings. The largest absolute Gasteiger partial charge is 0.463 e. The molecule has 38 heavy (non-hydrogen) atoms. The SMILES string of the molecule is C=CC[C@H](CC(=O)N[C@H](C)CO)C(=O)N[C@@H](COC(=O)[C@@H](CC=C)Cc1ccccc1)Cc1ccccc1. The van der Waals surface area contributed by atoms with Crippen LogP contribution in [0.2, 0.25) is 0 Å². The number of hydrogen-bond donors (Lipinski definition) is 3. The van der Waals surface area contributed by atoms with Gasteiger partial charge in [0.2, 0.25) is 11.8 Å². The summed E-state index contributed by atoms with van der Waals surface area (Å²) in [6.45, 7) is 8.99. The second-order valence-corrected chi connectivity index (χ2v) is 9.51. The fourth-order valence-electron chi connectivity index (χ4n) is 4.12. The summed E-state index contributed by atoms with van der Waals surface area (Å²) in [6, 6.07) is 18.5. The molecule has 2 rings (SSSR count). The average molecular weight is 521 g/mol. The molecule has 204 valence electrons. The van der Waals surface area contributed by atoms with E-state index >= 15 is 0 Å². The number of carbonyl (C=O) groups is 3. The molecule has 0 saturated heterocycles. The Morgan fingerprint density at radius 2 is 1.42 bits per heavy atom. The van der Waals surface area contributed by atoms with Crippen molar-refractivity contribution in [2.75, 3.05) is 13.2 Å². The van der Waals surface area contributed by atoms with Crippen molar-refractivity contribution >= 4 is 17.8 Å². The van der Waals surface area contributed by atoms with E-state index < -0.39 is 18.0 Å². The number of nitrogens with one attached hydrogen (secondary N) is 2. The standard InChI is InChI=1S/C31H40N2O5/c1-4-12-26(20-29(35)32-23(3)21-34)30(36)33-28(19-25-16-10-7-11-17-25)22-38-31(37)27(13-5-2)18-24-14-8-6-9-15-24/h4-11,14-17,23,26-28,34H,1-2,12-13,18-22H2,3H3,(H,32,35)(H,33,36)/t23-,26-,27+,28-/m1/s1. The van der Waals surface area contributed by atoms with Gasteiger partial charge in [0.05, 0.1) is 24.5 Å². The molecule has 0 radical (unpaired) electrons. The highest BCUT2D eigenvalue weighted by Gasteiger charge is 2.26. The van der Waals surface area contributed by atoms with Gasteiger partial charge in [-0.1, -0.05) is 72.8 Å². The second-order valence-electron chi connectivity index (χ2n) is 9.51. The Bertz CT molecular complexity index is 1030. The molecule has 2 aromatic rings. The first-order chi connectivity index (χ1) is 18.4. The zero-order chi connectivity index (χ0) is 27.8. The highest BCUT2D eigenvalue weighted by atomic mass is 16.5. The number of amides is 2. The summed E-state index contributed by atoms with van der Waals surface area (Å²) in [5.74, 6) is -2.01. The van der Waals surface area contributed by atoms with E-state index in [1.165, 1.54) is 0 Å². The molecule has 7 nitrogen and oxygen atoms in total. The van der Waals surface area contributed by atoms with Crippen LogP contribution in [0.25, 0.3) is 0 Å². The van der Waals surface area contributed by atoms with Gasteiger partial charge >= 0.3 is 5.97 Å². The number of ether oxygens (including phenoxy) is 1. The molecular weight excluding hydrogens is 480 g/mol. The van der Waals surface area contributed by atoms with Gasteiger partial charge in [0.1, 0.15) is 6.61 Å². The van der Waals surface area contributed by atoms with Gasteiger partial charge in [-0.15, -0.1) is 13.2 Å². The van der Waals surface area contributed by atoms with E-state index in [2.05, 4.69) is 23.8 Å². The lowest BCUT2D eigenvalue weighted by Gasteiger charge is -2.24.